The van der Waals surface area contributed by atoms with Gasteiger partial charge in [0.1, 0.15) is 0 Å². The molecule has 30 heavy (non-hydrogen) atoms. The fraction of sp³-hybridized carbons (Fsp3) is 0.304. The number of aryl methyl sites for hydroxylation is 1. The van der Waals surface area contributed by atoms with Gasteiger partial charge in [0.25, 0.3) is 0 Å². The summed E-state index contributed by atoms with van der Waals surface area (Å²) in [5.74, 6) is 0.787. The van der Waals surface area contributed by atoms with E-state index in [1.807, 2.05) is 16.9 Å². The molecule has 2 aromatic carbocycles. The molecule has 0 aliphatic rings. The van der Waals surface area contributed by atoms with Crippen LogP contribution in [0, 0.1) is 6.92 Å². The van der Waals surface area contributed by atoms with E-state index in [2.05, 4.69) is 89.1 Å². The number of benzene rings is 2. The van der Waals surface area contributed by atoms with E-state index in [0.717, 1.165) is 19.0 Å². The Morgan fingerprint density at radius 1 is 1.00 bits per heavy atom. The molecule has 0 saturated heterocycles. The van der Waals surface area contributed by atoms with Crippen LogP contribution in [0.4, 0.5) is 5.69 Å². The highest BCUT2D eigenvalue weighted by molar-refractivity contribution is 14.0. The van der Waals surface area contributed by atoms with Crippen LogP contribution in [-0.4, -0.2) is 36.9 Å². The lowest BCUT2D eigenvalue weighted by atomic mass is 10.1. The Labute approximate surface area is 196 Å². The number of aliphatic imine (C=N–C) groups is 1. The van der Waals surface area contributed by atoms with Crippen LogP contribution in [0.3, 0.4) is 0 Å². The van der Waals surface area contributed by atoms with Crippen molar-refractivity contribution >= 4 is 35.6 Å². The summed E-state index contributed by atoms with van der Waals surface area (Å²) in [5, 5.41) is 11.2. The smallest absolute Gasteiger partial charge is 0.191 e. The van der Waals surface area contributed by atoms with Crippen LogP contribution in [0.5, 0.6) is 0 Å². The normalized spacial score (nSPS) is 11.0. The van der Waals surface area contributed by atoms with Crippen molar-refractivity contribution in [2.24, 2.45) is 4.99 Å². The number of hydrogen-bond donors (Lipinski definition) is 2. The van der Waals surface area contributed by atoms with Gasteiger partial charge in [0, 0.05) is 52.3 Å². The van der Waals surface area contributed by atoms with Gasteiger partial charge in [-0.2, -0.15) is 5.10 Å². The van der Waals surface area contributed by atoms with Crippen molar-refractivity contribution in [3.05, 3.63) is 83.2 Å². The molecule has 0 saturated carbocycles. The Morgan fingerprint density at radius 3 is 2.30 bits per heavy atom. The summed E-state index contributed by atoms with van der Waals surface area (Å²) in [6.45, 7) is 4.34. The maximum absolute atomic E-state index is 4.37. The van der Waals surface area contributed by atoms with Gasteiger partial charge in [-0.1, -0.05) is 30.3 Å². The van der Waals surface area contributed by atoms with E-state index in [-0.39, 0.29) is 24.0 Å². The number of nitrogens with one attached hydrogen (secondary N) is 2. The predicted octanol–water partition coefficient (Wildman–Crippen LogP) is 3.79. The van der Waals surface area contributed by atoms with Crippen molar-refractivity contribution in [3.63, 3.8) is 0 Å². The molecule has 0 aliphatic heterocycles. The number of halogens is 1. The molecule has 0 atom stereocenters. The molecule has 0 amide bonds. The monoisotopic (exact) mass is 518 g/mol. The van der Waals surface area contributed by atoms with Gasteiger partial charge in [0.15, 0.2) is 5.96 Å². The van der Waals surface area contributed by atoms with Gasteiger partial charge in [0.05, 0.1) is 6.54 Å². The van der Waals surface area contributed by atoms with Gasteiger partial charge in [-0.15, -0.1) is 24.0 Å². The van der Waals surface area contributed by atoms with E-state index >= 15 is 0 Å². The average molecular weight is 518 g/mol. The second-order valence-corrected chi connectivity index (χ2v) is 7.26. The Hall–Kier alpha value is -2.55. The fourth-order valence-electron chi connectivity index (χ4n) is 3.19. The van der Waals surface area contributed by atoms with Crippen LogP contribution in [0.1, 0.15) is 22.3 Å². The maximum atomic E-state index is 4.37. The minimum absolute atomic E-state index is 0. The predicted molar refractivity (Wildman–Crippen MR) is 136 cm³/mol. The molecule has 0 fully saturated rings. The minimum Gasteiger partial charge on any atom is -0.378 e. The quantitative estimate of drug-likeness (QED) is 0.284. The van der Waals surface area contributed by atoms with Crippen molar-refractivity contribution in [3.8, 4) is 0 Å². The van der Waals surface area contributed by atoms with Crippen LogP contribution in [-0.2, 0) is 19.6 Å². The first-order valence-corrected chi connectivity index (χ1v) is 9.82. The molecule has 1 aromatic heterocycles. The van der Waals surface area contributed by atoms with Crippen LogP contribution in [0.2, 0.25) is 0 Å². The third kappa shape index (κ3) is 6.48. The standard InChI is InChI=1S/C23H30N6.HI/c1-18-14-22(28(3)4)11-10-19(18)15-25-23(24-2)26-16-20-8-5-6-9-21(20)17-29-13-7-12-27-29;/h5-14H,15-17H2,1-4H3,(H2,24,25,26);1H. The number of rotatable bonds is 7. The molecular weight excluding hydrogens is 487 g/mol. The maximum Gasteiger partial charge on any atom is 0.191 e. The molecule has 0 unspecified atom stereocenters. The third-order valence-electron chi connectivity index (χ3n) is 4.97. The van der Waals surface area contributed by atoms with Crippen LogP contribution in [0.15, 0.2) is 65.9 Å². The topological polar surface area (TPSA) is 57.5 Å². The highest BCUT2D eigenvalue weighted by Crippen LogP contribution is 2.17. The zero-order chi connectivity index (χ0) is 20.6. The molecule has 160 valence electrons. The minimum atomic E-state index is 0. The number of guanidine groups is 1. The summed E-state index contributed by atoms with van der Waals surface area (Å²) >= 11 is 0. The van der Waals surface area contributed by atoms with Gasteiger partial charge in [-0.05, 0) is 47.4 Å². The van der Waals surface area contributed by atoms with E-state index in [0.29, 0.717) is 6.54 Å². The summed E-state index contributed by atoms with van der Waals surface area (Å²) in [4.78, 5) is 6.48. The molecule has 3 rings (SSSR count). The summed E-state index contributed by atoms with van der Waals surface area (Å²) in [6, 6.07) is 16.9. The lowest BCUT2D eigenvalue weighted by Gasteiger charge is -2.17. The van der Waals surface area contributed by atoms with E-state index < -0.39 is 0 Å². The molecule has 0 bridgehead atoms. The molecule has 7 heteroatoms. The van der Waals surface area contributed by atoms with Crippen molar-refractivity contribution < 1.29 is 0 Å². The second-order valence-electron chi connectivity index (χ2n) is 7.26. The van der Waals surface area contributed by atoms with Crippen LogP contribution >= 0.6 is 24.0 Å². The van der Waals surface area contributed by atoms with E-state index in [4.69, 9.17) is 0 Å². The average Bonchev–Trinajstić information content (AvgIpc) is 3.23. The van der Waals surface area contributed by atoms with Crippen molar-refractivity contribution in [1.82, 2.24) is 20.4 Å². The van der Waals surface area contributed by atoms with Gasteiger partial charge >= 0.3 is 0 Å². The van der Waals surface area contributed by atoms with E-state index in [1.54, 1.807) is 13.2 Å². The fourth-order valence-corrected chi connectivity index (χ4v) is 3.19. The Bertz CT molecular complexity index is 950. The third-order valence-corrected chi connectivity index (χ3v) is 4.97. The summed E-state index contributed by atoms with van der Waals surface area (Å²) < 4.78 is 1.94. The van der Waals surface area contributed by atoms with E-state index in [1.165, 1.54) is 27.9 Å². The molecule has 0 spiro atoms. The Balaban J connectivity index is 0.00000320. The lowest BCUT2D eigenvalue weighted by Crippen LogP contribution is -2.36. The molecule has 2 N–H and O–H groups in total. The molecule has 6 nitrogen and oxygen atoms in total. The number of hydrogen-bond acceptors (Lipinski definition) is 3. The highest BCUT2D eigenvalue weighted by Gasteiger charge is 2.06. The van der Waals surface area contributed by atoms with Crippen molar-refractivity contribution in [2.45, 2.75) is 26.6 Å². The first-order chi connectivity index (χ1) is 14.1. The van der Waals surface area contributed by atoms with Crippen molar-refractivity contribution in [2.75, 3.05) is 26.0 Å². The van der Waals surface area contributed by atoms with Crippen molar-refractivity contribution in [1.29, 1.82) is 0 Å². The molecular formula is C23H31IN6. The Kier molecular flexibility index (Phi) is 9.16. The van der Waals surface area contributed by atoms with Crippen LogP contribution < -0.4 is 15.5 Å². The molecule has 0 aliphatic carbocycles. The zero-order valence-corrected chi connectivity index (χ0v) is 20.4. The number of anilines is 1. The Morgan fingerprint density at radius 2 is 1.70 bits per heavy atom. The van der Waals surface area contributed by atoms with Gasteiger partial charge in [-0.3, -0.25) is 9.67 Å². The first-order valence-electron chi connectivity index (χ1n) is 9.82. The number of nitrogens with zero attached hydrogens (tertiary/aromatic N) is 4. The van der Waals surface area contributed by atoms with Gasteiger partial charge in [-0.25, -0.2) is 0 Å². The van der Waals surface area contributed by atoms with Gasteiger partial charge < -0.3 is 15.5 Å². The molecule has 3 aromatic rings. The summed E-state index contributed by atoms with van der Waals surface area (Å²) in [6.07, 6.45) is 3.79. The largest absolute Gasteiger partial charge is 0.378 e. The highest BCUT2D eigenvalue weighted by atomic mass is 127. The molecule has 1 heterocycles. The summed E-state index contributed by atoms with van der Waals surface area (Å²) in [7, 11) is 5.91. The molecule has 0 radical (unpaired) electrons. The number of aromatic nitrogens is 2. The second kappa shape index (κ2) is 11.6. The van der Waals surface area contributed by atoms with E-state index in [9.17, 15) is 0 Å². The zero-order valence-electron chi connectivity index (χ0n) is 18.1. The van der Waals surface area contributed by atoms with Gasteiger partial charge in [0.2, 0.25) is 0 Å². The SMILES string of the molecule is CN=C(NCc1ccc(N(C)C)cc1C)NCc1ccccc1Cn1cccn1.I. The summed E-state index contributed by atoms with van der Waals surface area (Å²) in [5.41, 5.74) is 6.22. The first kappa shape index (κ1) is 23.7. The lowest BCUT2D eigenvalue weighted by molar-refractivity contribution is 0.677. The van der Waals surface area contributed by atoms with Crippen LogP contribution in [0.25, 0.3) is 0 Å².